The SMILES string of the molecule is COc1cnc(Nc2cc3n(CC(C)(C)C)c(O)c(C(=O)NC4CC4)c(=O)n3n2)cn1. The number of carbonyl (C=O) groups is 1. The second-order valence-electron chi connectivity index (χ2n) is 8.77. The number of anilines is 2. The van der Waals surface area contributed by atoms with E-state index < -0.39 is 11.5 Å². The maximum Gasteiger partial charge on any atom is 0.291 e. The lowest BCUT2D eigenvalue weighted by Crippen LogP contribution is -2.35. The van der Waals surface area contributed by atoms with Gasteiger partial charge < -0.3 is 20.5 Å². The number of hydrogen-bond donors (Lipinski definition) is 3. The molecule has 0 unspecified atom stereocenters. The van der Waals surface area contributed by atoms with Crippen LogP contribution in [0, 0.1) is 5.41 Å². The van der Waals surface area contributed by atoms with Crippen LogP contribution in [0.3, 0.4) is 0 Å². The van der Waals surface area contributed by atoms with Crippen molar-refractivity contribution >= 4 is 23.2 Å². The second-order valence-corrected chi connectivity index (χ2v) is 8.77. The Morgan fingerprint density at radius 1 is 1.26 bits per heavy atom. The van der Waals surface area contributed by atoms with Gasteiger partial charge in [0.1, 0.15) is 11.5 Å². The Labute approximate surface area is 178 Å². The smallest absolute Gasteiger partial charge is 0.291 e. The van der Waals surface area contributed by atoms with Crippen LogP contribution in [0.1, 0.15) is 44.0 Å². The van der Waals surface area contributed by atoms with Gasteiger partial charge in [-0.25, -0.2) is 9.97 Å². The summed E-state index contributed by atoms with van der Waals surface area (Å²) in [5, 5.41) is 20.9. The molecule has 11 heteroatoms. The first-order valence-electron chi connectivity index (χ1n) is 9.96. The highest BCUT2D eigenvalue weighted by Gasteiger charge is 2.30. The zero-order chi connectivity index (χ0) is 22.3. The van der Waals surface area contributed by atoms with Gasteiger partial charge in [0.2, 0.25) is 11.8 Å². The van der Waals surface area contributed by atoms with Gasteiger partial charge in [-0.3, -0.25) is 14.2 Å². The van der Waals surface area contributed by atoms with Crippen LogP contribution >= 0.6 is 0 Å². The normalized spacial score (nSPS) is 13.9. The molecule has 1 aliphatic carbocycles. The fraction of sp³-hybridized carbons (Fsp3) is 0.450. The fourth-order valence-corrected chi connectivity index (χ4v) is 3.15. The molecule has 3 aromatic heterocycles. The second kappa shape index (κ2) is 7.56. The monoisotopic (exact) mass is 427 g/mol. The molecule has 31 heavy (non-hydrogen) atoms. The topological polar surface area (TPSA) is 136 Å². The molecule has 164 valence electrons. The summed E-state index contributed by atoms with van der Waals surface area (Å²) in [6, 6.07) is 1.66. The lowest BCUT2D eigenvalue weighted by atomic mass is 9.96. The summed E-state index contributed by atoms with van der Waals surface area (Å²) in [6.07, 6.45) is 4.65. The van der Waals surface area contributed by atoms with Crippen LogP contribution in [-0.4, -0.2) is 48.3 Å². The van der Waals surface area contributed by atoms with Crippen molar-refractivity contribution in [3.63, 3.8) is 0 Å². The number of rotatable bonds is 6. The van der Waals surface area contributed by atoms with E-state index in [-0.39, 0.29) is 22.9 Å². The number of nitrogens with zero attached hydrogens (tertiary/aromatic N) is 5. The zero-order valence-electron chi connectivity index (χ0n) is 17.8. The third kappa shape index (κ3) is 4.30. The number of amides is 1. The zero-order valence-corrected chi connectivity index (χ0v) is 17.8. The van der Waals surface area contributed by atoms with E-state index in [2.05, 4.69) is 25.7 Å². The van der Waals surface area contributed by atoms with Gasteiger partial charge >= 0.3 is 0 Å². The molecule has 11 nitrogen and oxygen atoms in total. The highest BCUT2D eigenvalue weighted by atomic mass is 16.5. The summed E-state index contributed by atoms with van der Waals surface area (Å²) >= 11 is 0. The number of fused-ring (bicyclic) bond motifs is 1. The highest BCUT2D eigenvalue weighted by Crippen LogP contribution is 2.27. The van der Waals surface area contributed by atoms with E-state index in [4.69, 9.17) is 4.74 Å². The van der Waals surface area contributed by atoms with Crippen LogP contribution in [0.15, 0.2) is 23.3 Å². The quantitative estimate of drug-likeness (QED) is 0.541. The number of nitrogens with one attached hydrogen (secondary N) is 2. The van der Waals surface area contributed by atoms with E-state index in [1.807, 2.05) is 20.8 Å². The van der Waals surface area contributed by atoms with Crippen LogP contribution in [0.2, 0.25) is 0 Å². The van der Waals surface area contributed by atoms with Crippen LogP contribution in [0.4, 0.5) is 11.6 Å². The minimum Gasteiger partial charge on any atom is -0.494 e. The van der Waals surface area contributed by atoms with Gasteiger partial charge in [0.15, 0.2) is 11.4 Å². The Bertz CT molecular complexity index is 1190. The molecule has 1 saturated carbocycles. The van der Waals surface area contributed by atoms with Crippen LogP contribution in [-0.2, 0) is 6.54 Å². The molecule has 0 saturated heterocycles. The van der Waals surface area contributed by atoms with Crippen molar-refractivity contribution < 1.29 is 14.6 Å². The molecule has 3 aromatic rings. The molecule has 1 amide bonds. The molecular weight excluding hydrogens is 402 g/mol. The first kappa shape index (κ1) is 20.6. The minimum atomic E-state index is -0.690. The lowest BCUT2D eigenvalue weighted by molar-refractivity contribution is 0.0944. The van der Waals surface area contributed by atoms with Gasteiger partial charge in [-0.1, -0.05) is 20.8 Å². The van der Waals surface area contributed by atoms with E-state index in [0.29, 0.717) is 29.7 Å². The molecule has 0 spiro atoms. The molecule has 0 radical (unpaired) electrons. The number of aromatic hydroxyl groups is 1. The molecule has 3 N–H and O–H groups in total. The van der Waals surface area contributed by atoms with Gasteiger partial charge in [0, 0.05) is 18.7 Å². The summed E-state index contributed by atoms with van der Waals surface area (Å²) in [5.74, 6) is 0.108. The van der Waals surface area contributed by atoms with E-state index >= 15 is 0 Å². The fourth-order valence-electron chi connectivity index (χ4n) is 3.15. The summed E-state index contributed by atoms with van der Waals surface area (Å²) in [4.78, 5) is 34.0. The molecule has 1 aliphatic rings. The van der Waals surface area contributed by atoms with Crippen LogP contribution in [0.5, 0.6) is 11.8 Å². The largest absolute Gasteiger partial charge is 0.494 e. The number of hydrogen-bond acceptors (Lipinski definition) is 8. The minimum absolute atomic E-state index is 0.0431. The number of methoxy groups -OCH3 is 1. The van der Waals surface area contributed by atoms with Crippen LogP contribution < -0.4 is 20.9 Å². The van der Waals surface area contributed by atoms with E-state index in [9.17, 15) is 14.7 Å². The third-order valence-electron chi connectivity index (χ3n) is 4.72. The number of ether oxygens (including phenoxy) is 1. The molecule has 0 bridgehead atoms. The lowest BCUT2D eigenvalue weighted by Gasteiger charge is -2.23. The van der Waals surface area contributed by atoms with Crippen molar-refractivity contribution in [3.8, 4) is 11.8 Å². The molecule has 0 aliphatic heterocycles. The standard InChI is InChI=1S/C20H25N7O4/c1-20(2,3)10-26-15-7-12(24-13-8-22-14(31-4)9-21-13)25-27(15)19(30)16(18(26)29)17(28)23-11-5-6-11/h7-9,11,29H,5-6,10H2,1-4H3,(H,23,28)(H,21,24,25). The Balaban J connectivity index is 1.80. The van der Waals surface area contributed by atoms with Crippen molar-refractivity contribution in [2.24, 2.45) is 5.41 Å². The Morgan fingerprint density at radius 2 is 2.00 bits per heavy atom. The molecular formula is C20H25N7O4. The van der Waals surface area contributed by atoms with Gasteiger partial charge in [0.05, 0.1) is 19.5 Å². The Hall–Kier alpha value is -3.63. The Kier molecular flexibility index (Phi) is 5.03. The summed E-state index contributed by atoms with van der Waals surface area (Å²) in [5.41, 5.74) is -0.895. The van der Waals surface area contributed by atoms with Gasteiger partial charge in [0.25, 0.3) is 11.5 Å². The highest BCUT2D eigenvalue weighted by molar-refractivity contribution is 5.96. The molecule has 4 rings (SSSR count). The first-order chi connectivity index (χ1) is 14.7. The summed E-state index contributed by atoms with van der Waals surface area (Å²) < 4.78 is 7.64. The van der Waals surface area contributed by atoms with Crippen LogP contribution in [0.25, 0.3) is 5.65 Å². The first-order valence-corrected chi connectivity index (χ1v) is 9.96. The van der Waals surface area contributed by atoms with Gasteiger partial charge in [-0.05, 0) is 18.3 Å². The molecule has 1 fully saturated rings. The third-order valence-corrected chi connectivity index (χ3v) is 4.72. The van der Waals surface area contributed by atoms with Gasteiger partial charge in [-0.2, -0.15) is 4.52 Å². The molecule has 0 atom stereocenters. The van der Waals surface area contributed by atoms with Crippen molar-refractivity contribution in [2.45, 2.75) is 46.2 Å². The average molecular weight is 427 g/mol. The molecule has 0 aromatic carbocycles. The Morgan fingerprint density at radius 3 is 2.58 bits per heavy atom. The van der Waals surface area contributed by atoms with Crippen molar-refractivity contribution in [3.05, 3.63) is 34.4 Å². The van der Waals surface area contributed by atoms with E-state index in [0.717, 1.165) is 17.4 Å². The number of aromatic nitrogens is 5. The molecule has 3 heterocycles. The van der Waals surface area contributed by atoms with Gasteiger partial charge in [-0.15, -0.1) is 5.10 Å². The summed E-state index contributed by atoms with van der Waals surface area (Å²) in [7, 11) is 1.49. The van der Waals surface area contributed by atoms with E-state index in [1.54, 1.807) is 6.07 Å². The maximum atomic E-state index is 13.1. The summed E-state index contributed by atoms with van der Waals surface area (Å²) in [6.45, 7) is 6.34. The van der Waals surface area contributed by atoms with Crippen molar-refractivity contribution in [1.29, 1.82) is 0 Å². The number of carbonyl (C=O) groups excluding carboxylic acids is 1. The average Bonchev–Trinajstić information content (AvgIpc) is 3.41. The van der Waals surface area contributed by atoms with E-state index in [1.165, 1.54) is 24.1 Å². The predicted octanol–water partition coefficient (Wildman–Crippen LogP) is 1.68. The van der Waals surface area contributed by atoms with Crippen molar-refractivity contribution in [2.75, 3.05) is 12.4 Å². The maximum absolute atomic E-state index is 13.1. The predicted molar refractivity (Wildman–Crippen MR) is 113 cm³/mol. The van der Waals surface area contributed by atoms with Crippen molar-refractivity contribution in [1.82, 2.24) is 29.5 Å².